The zero-order chi connectivity index (χ0) is 4.50. The molecule has 0 atom stereocenters. The van der Waals surface area contributed by atoms with Gasteiger partial charge in [0.1, 0.15) is 0 Å². The van der Waals surface area contributed by atoms with Crippen LogP contribution in [-0.4, -0.2) is 121 Å². The van der Waals surface area contributed by atoms with Crippen LogP contribution in [0.2, 0.25) is 0 Å². The quantitative estimate of drug-likeness (QED) is 0.300. The van der Waals surface area contributed by atoms with E-state index < -0.39 is 7.82 Å². The molecule has 0 rings (SSSR count). The summed E-state index contributed by atoms with van der Waals surface area (Å²) in [6, 6.07) is 0. The summed E-state index contributed by atoms with van der Waals surface area (Å²) in [5.74, 6) is 0. The first-order valence-electron chi connectivity index (χ1n) is 0.783. The number of halogens is 1. The molecule has 0 saturated carbocycles. The average Bonchev–Trinajstić information content (AvgIpc) is 0.722. The minimum atomic E-state index is -4.64. The molecular weight excluding hydrogens is 226 g/mol. The van der Waals surface area contributed by atoms with Crippen molar-refractivity contribution in [2.24, 2.45) is 0 Å². The molecule has 0 aliphatic rings. The van der Waals surface area contributed by atoms with Gasteiger partial charge in [-0.15, -0.1) is 12.4 Å². The van der Waals surface area contributed by atoms with Crippen molar-refractivity contribution >= 4 is 126 Å². The third kappa shape index (κ3) is 92.2. The Kier molecular flexibility index (Phi) is 69.1. The van der Waals surface area contributed by atoms with Crippen molar-refractivity contribution in [1.82, 2.24) is 0 Å². The van der Waals surface area contributed by atoms with E-state index >= 15 is 0 Å². The van der Waals surface area contributed by atoms with E-state index in [1.54, 1.807) is 0 Å². The molecule has 4 nitrogen and oxygen atoms in total. The number of rotatable bonds is 0. The second kappa shape index (κ2) is 18.7. The molecule has 0 spiro atoms. The van der Waals surface area contributed by atoms with Gasteiger partial charge in [0.15, 0.2) is 17.4 Å². The zero-order valence-electron chi connectivity index (χ0n) is 2.61. The molecular formula is H10AlClNa3O4P. The first kappa shape index (κ1) is 37.0. The van der Waals surface area contributed by atoms with Crippen LogP contribution in [0.4, 0.5) is 0 Å². The van der Waals surface area contributed by atoms with E-state index in [2.05, 4.69) is 0 Å². The van der Waals surface area contributed by atoms with Crippen LogP contribution in [0.1, 0.15) is 0 Å². The summed E-state index contributed by atoms with van der Waals surface area (Å²) in [6.45, 7) is 0. The van der Waals surface area contributed by atoms with Crippen LogP contribution < -0.4 is 0 Å². The molecule has 0 fully saturated rings. The van der Waals surface area contributed by atoms with Crippen molar-refractivity contribution in [3.8, 4) is 0 Å². The van der Waals surface area contributed by atoms with Crippen LogP contribution in [-0.2, 0) is 4.57 Å². The van der Waals surface area contributed by atoms with Crippen LogP contribution >= 0.6 is 20.2 Å². The summed E-state index contributed by atoms with van der Waals surface area (Å²) in [6.07, 6.45) is 0. The van der Waals surface area contributed by atoms with Crippen LogP contribution in [0.25, 0.3) is 0 Å². The van der Waals surface area contributed by atoms with Crippen molar-refractivity contribution in [2.75, 3.05) is 0 Å². The van der Waals surface area contributed by atoms with E-state index in [9.17, 15) is 0 Å². The predicted molar refractivity (Wildman–Crippen MR) is 52.9 cm³/mol. The zero-order valence-corrected chi connectivity index (χ0v) is 4.32. The van der Waals surface area contributed by atoms with E-state index in [1.807, 2.05) is 0 Å². The van der Waals surface area contributed by atoms with Crippen molar-refractivity contribution in [2.45, 2.75) is 0 Å². The molecule has 0 aliphatic heterocycles. The molecule has 0 saturated heterocycles. The Morgan fingerprint density at radius 1 is 0.900 bits per heavy atom. The summed E-state index contributed by atoms with van der Waals surface area (Å²) in [4.78, 5) is 21.6. The summed E-state index contributed by atoms with van der Waals surface area (Å²) in [5, 5.41) is 0. The van der Waals surface area contributed by atoms with Crippen molar-refractivity contribution < 1.29 is 19.2 Å². The molecule has 0 amide bonds. The maximum absolute atomic E-state index is 8.88. The molecule has 52 valence electrons. The van der Waals surface area contributed by atoms with Gasteiger partial charge >= 0.3 is 96.5 Å². The Bertz CT molecular complexity index is 66.6. The first-order chi connectivity index (χ1) is 2.00. The second-order valence-corrected chi connectivity index (χ2v) is 1.54. The van der Waals surface area contributed by atoms with Crippen LogP contribution in [0.15, 0.2) is 0 Å². The average molecular weight is 236 g/mol. The van der Waals surface area contributed by atoms with Gasteiger partial charge in [-0.05, 0) is 0 Å². The van der Waals surface area contributed by atoms with E-state index in [0.29, 0.717) is 0 Å². The normalized spacial score (nSPS) is 5.90. The van der Waals surface area contributed by atoms with Gasteiger partial charge < -0.3 is 14.7 Å². The second-order valence-electron chi connectivity index (χ2n) is 0.513. The number of phosphoric acid groups is 1. The van der Waals surface area contributed by atoms with Gasteiger partial charge in [0, 0.05) is 0 Å². The number of hydrogen-bond donors (Lipinski definition) is 3. The van der Waals surface area contributed by atoms with Gasteiger partial charge in [0.2, 0.25) is 0 Å². The van der Waals surface area contributed by atoms with Gasteiger partial charge in [-0.25, -0.2) is 4.57 Å². The summed E-state index contributed by atoms with van der Waals surface area (Å²) >= 11 is 0. The van der Waals surface area contributed by atoms with Crippen LogP contribution in [0, 0.1) is 0 Å². The number of hydrogen-bond acceptors (Lipinski definition) is 1. The molecule has 0 aromatic heterocycles. The molecule has 0 aliphatic carbocycles. The fraction of sp³-hybridized carbons (Fsp3) is 0. The third-order valence-corrected chi connectivity index (χ3v) is 0. The van der Waals surface area contributed by atoms with Crippen molar-refractivity contribution in [3.63, 3.8) is 0 Å². The monoisotopic (exact) mass is 236 g/mol. The van der Waals surface area contributed by atoms with E-state index in [4.69, 9.17) is 19.2 Å². The Balaban J connectivity index is -0.00000000800. The molecule has 0 aromatic carbocycles. The first-order valence-corrected chi connectivity index (χ1v) is 2.35. The fourth-order valence-corrected chi connectivity index (χ4v) is 0. The topological polar surface area (TPSA) is 77.8 Å². The Morgan fingerprint density at radius 3 is 0.900 bits per heavy atom. The molecule has 0 aromatic rings. The van der Waals surface area contributed by atoms with Gasteiger partial charge in [-0.3, -0.25) is 0 Å². The van der Waals surface area contributed by atoms with Crippen LogP contribution in [0.5, 0.6) is 0 Å². The van der Waals surface area contributed by atoms with Crippen molar-refractivity contribution in [1.29, 1.82) is 0 Å². The van der Waals surface area contributed by atoms with Gasteiger partial charge in [0.05, 0.1) is 0 Å². The van der Waals surface area contributed by atoms with E-state index in [1.165, 1.54) is 0 Å². The summed E-state index contributed by atoms with van der Waals surface area (Å²) in [7, 11) is -4.64. The molecule has 0 radical (unpaired) electrons. The SMILES string of the molecule is Cl.O=P(O)(O)O.[AlH3].[NaH].[NaH].[NaH]. The molecule has 10 heteroatoms. The Hall–Kier alpha value is 3.93. The van der Waals surface area contributed by atoms with Gasteiger partial charge in [-0.2, -0.15) is 0 Å². The summed E-state index contributed by atoms with van der Waals surface area (Å²) < 4.78 is 8.88. The maximum atomic E-state index is 8.88. The predicted octanol–water partition coefficient (Wildman–Crippen LogP) is -3.64. The fourth-order valence-electron chi connectivity index (χ4n) is 0. The molecule has 0 heterocycles. The molecule has 10 heavy (non-hydrogen) atoms. The molecule has 0 bridgehead atoms. The Morgan fingerprint density at radius 2 is 0.900 bits per heavy atom. The summed E-state index contributed by atoms with van der Waals surface area (Å²) in [5.41, 5.74) is 0. The molecule has 3 N–H and O–H groups in total. The molecule has 0 unspecified atom stereocenters. The van der Waals surface area contributed by atoms with E-state index in [-0.39, 0.29) is 118 Å². The Labute approximate surface area is 143 Å². The van der Waals surface area contributed by atoms with Gasteiger partial charge in [-0.1, -0.05) is 0 Å². The van der Waals surface area contributed by atoms with E-state index in [0.717, 1.165) is 0 Å². The van der Waals surface area contributed by atoms with Gasteiger partial charge in [0.25, 0.3) is 0 Å². The third-order valence-electron chi connectivity index (χ3n) is 0. The van der Waals surface area contributed by atoms with Crippen molar-refractivity contribution in [3.05, 3.63) is 0 Å². The standard InChI is InChI=1S/Al.ClH.3Na.H3O4P.6H/c;;;;;1-5(2,3)4;;;;;;/h;1H;;;;(H3,1,2,3,4);;;;;;. The minimum absolute atomic E-state index is 0. The van der Waals surface area contributed by atoms with Crippen LogP contribution in [0.3, 0.4) is 0 Å².